The second-order valence-corrected chi connectivity index (χ2v) is 6.84. The van der Waals surface area contributed by atoms with Crippen LogP contribution in [0.25, 0.3) is 0 Å². The van der Waals surface area contributed by atoms with E-state index in [9.17, 15) is 8.42 Å². The van der Waals surface area contributed by atoms with E-state index in [1.807, 2.05) is 0 Å². The molecule has 0 aliphatic rings. The Bertz CT molecular complexity index is 951. The molecule has 25 heavy (non-hydrogen) atoms. The highest BCUT2D eigenvalue weighted by molar-refractivity contribution is 7.92. The SMILES string of the molecule is COc1ccc(S(=O)(=O)Nc2ccc(Nc3cc(C)on3)cn2)cc1. The van der Waals surface area contributed by atoms with E-state index in [0.29, 0.717) is 23.0 Å². The standard InChI is InChI=1S/C16H16N4O4S/c1-11-9-16(19-24-11)18-12-3-8-15(17-10-12)20-25(21,22)14-6-4-13(23-2)5-7-14/h3-10H,1-2H3,(H,17,20)(H,18,19). The van der Waals surface area contributed by atoms with Gasteiger partial charge in [0.15, 0.2) is 5.82 Å². The lowest BCUT2D eigenvalue weighted by molar-refractivity contribution is 0.400. The van der Waals surface area contributed by atoms with Crippen LogP contribution in [0.5, 0.6) is 5.75 Å². The van der Waals surface area contributed by atoms with Gasteiger partial charge in [0.25, 0.3) is 10.0 Å². The van der Waals surface area contributed by atoms with Crippen molar-refractivity contribution in [2.24, 2.45) is 0 Å². The highest BCUT2D eigenvalue weighted by Crippen LogP contribution is 2.20. The van der Waals surface area contributed by atoms with Gasteiger partial charge in [0.05, 0.1) is 23.9 Å². The summed E-state index contributed by atoms with van der Waals surface area (Å²) in [5.74, 6) is 2.01. The fraction of sp³-hybridized carbons (Fsp3) is 0.125. The van der Waals surface area contributed by atoms with Crippen molar-refractivity contribution < 1.29 is 17.7 Å². The predicted octanol–water partition coefficient (Wildman–Crippen LogP) is 2.93. The number of pyridine rings is 1. The summed E-state index contributed by atoms with van der Waals surface area (Å²) in [5, 5.41) is 6.81. The molecule has 2 heterocycles. The van der Waals surface area contributed by atoms with Crippen LogP contribution in [0.15, 0.2) is 58.1 Å². The molecule has 9 heteroatoms. The van der Waals surface area contributed by atoms with Crippen molar-refractivity contribution >= 4 is 27.3 Å². The Kier molecular flexibility index (Phi) is 4.57. The number of anilines is 3. The Morgan fingerprint density at radius 1 is 1.08 bits per heavy atom. The maximum Gasteiger partial charge on any atom is 0.263 e. The Labute approximate surface area is 144 Å². The van der Waals surface area contributed by atoms with Gasteiger partial charge in [0.2, 0.25) is 0 Å². The topological polar surface area (TPSA) is 106 Å². The zero-order valence-electron chi connectivity index (χ0n) is 13.6. The number of aromatic nitrogens is 2. The molecule has 0 aliphatic carbocycles. The maximum atomic E-state index is 12.3. The van der Waals surface area contributed by atoms with Gasteiger partial charge in [0, 0.05) is 6.07 Å². The molecule has 0 amide bonds. The number of nitrogens with zero attached hydrogens (tertiary/aromatic N) is 2. The second-order valence-electron chi connectivity index (χ2n) is 5.16. The van der Waals surface area contributed by atoms with Crippen molar-refractivity contribution in [3.05, 3.63) is 54.4 Å². The molecule has 130 valence electrons. The molecule has 0 bridgehead atoms. The smallest absolute Gasteiger partial charge is 0.263 e. The third-order valence-electron chi connectivity index (χ3n) is 3.27. The van der Waals surface area contributed by atoms with E-state index in [4.69, 9.17) is 9.26 Å². The lowest BCUT2D eigenvalue weighted by Gasteiger charge is -2.09. The van der Waals surface area contributed by atoms with E-state index >= 15 is 0 Å². The molecule has 0 saturated carbocycles. The molecule has 2 N–H and O–H groups in total. The van der Waals surface area contributed by atoms with E-state index in [1.165, 1.54) is 25.4 Å². The molecule has 3 rings (SSSR count). The maximum absolute atomic E-state index is 12.3. The molecular weight excluding hydrogens is 344 g/mol. The Morgan fingerprint density at radius 2 is 1.84 bits per heavy atom. The molecule has 0 saturated heterocycles. The first kappa shape index (κ1) is 16.8. The molecule has 0 spiro atoms. The van der Waals surface area contributed by atoms with Gasteiger partial charge in [-0.1, -0.05) is 5.16 Å². The number of benzene rings is 1. The fourth-order valence-electron chi connectivity index (χ4n) is 2.05. The summed E-state index contributed by atoms with van der Waals surface area (Å²) in [4.78, 5) is 4.21. The summed E-state index contributed by atoms with van der Waals surface area (Å²) in [5.41, 5.74) is 0.653. The molecule has 1 aromatic carbocycles. The number of hydrogen-bond acceptors (Lipinski definition) is 7. The van der Waals surface area contributed by atoms with Crippen LogP contribution in [0, 0.1) is 6.92 Å². The summed E-state index contributed by atoms with van der Waals surface area (Å²) in [6.07, 6.45) is 1.50. The average molecular weight is 360 g/mol. The summed E-state index contributed by atoms with van der Waals surface area (Å²) >= 11 is 0. The van der Waals surface area contributed by atoms with Gasteiger partial charge in [-0.2, -0.15) is 0 Å². The summed E-state index contributed by atoms with van der Waals surface area (Å²) in [6, 6.07) is 11.1. The van der Waals surface area contributed by atoms with Crippen LogP contribution in [0.1, 0.15) is 5.76 Å². The van der Waals surface area contributed by atoms with E-state index in [-0.39, 0.29) is 10.7 Å². The van der Waals surface area contributed by atoms with Gasteiger partial charge < -0.3 is 14.6 Å². The van der Waals surface area contributed by atoms with E-state index in [2.05, 4.69) is 20.2 Å². The van der Waals surface area contributed by atoms with Gasteiger partial charge in [-0.3, -0.25) is 4.72 Å². The minimum atomic E-state index is -3.72. The van der Waals surface area contributed by atoms with Gasteiger partial charge in [0.1, 0.15) is 17.3 Å². The number of nitrogens with one attached hydrogen (secondary N) is 2. The molecule has 0 radical (unpaired) electrons. The number of rotatable bonds is 6. The highest BCUT2D eigenvalue weighted by Gasteiger charge is 2.15. The quantitative estimate of drug-likeness (QED) is 0.696. The van der Waals surface area contributed by atoms with Crippen LogP contribution in [-0.2, 0) is 10.0 Å². The molecule has 2 aromatic heterocycles. The zero-order chi connectivity index (χ0) is 17.9. The van der Waals surface area contributed by atoms with Gasteiger partial charge in [-0.15, -0.1) is 0 Å². The first-order valence-corrected chi connectivity index (χ1v) is 8.78. The minimum absolute atomic E-state index is 0.121. The minimum Gasteiger partial charge on any atom is -0.497 e. The van der Waals surface area contributed by atoms with Crippen molar-refractivity contribution in [1.82, 2.24) is 10.1 Å². The van der Waals surface area contributed by atoms with Gasteiger partial charge in [-0.25, -0.2) is 13.4 Å². The van der Waals surface area contributed by atoms with Crippen LogP contribution in [0.3, 0.4) is 0 Å². The van der Waals surface area contributed by atoms with Crippen LogP contribution < -0.4 is 14.8 Å². The van der Waals surface area contributed by atoms with Crippen molar-refractivity contribution in [2.45, 2.75) is 11.8 Å². The van der Waals surface area contributed by atoms with E-state index in [1.54, 1.807) is 37.3 Å². The monoisotopic (exact) mass is 360 g/mol. The van der Waals surface area contributed by atoms with Crippen LogP contribution in [0.2, 0.25) is 0 Å². The normalized spacial score (nSPS) is 11.1. The average Bonchev–Trinajstić information content (AvgIpc) is 3.01. The Morgan fingerprint density at radius 3 is 2.40 bits per heavy atom. The number of aryl methyl sites for hydroxylation is 1. The number of methoxy groups -OCH3 is 1. The summed E-state index contributed by atoms with van der Waals surface area (Å²) < 4.78 is 37.1. The summed E-state index contributed by atoms with van der Waals surface area (Å²) in [6.45, 7) is 1.79. The van der Waals surface area contributed by atoms with Crippen LogP contribution >= 0.6 is 0 Å². The van der Waals surface area contributed by atoms with E-state index in [0.717, 1.165) is 0 Å². The molecule has 0 unspecified atom stereocenters. The second kappa shape index (κ2) is 6.81. The van der Waals surface area contributed by atoms with Crippen molar-refractivity contribution in [3.63, 3.8) is 0 Å². The molecule has 0 atom stereocenters. The van der Waals surface area contributed by atoms with Gasteiger partial charge >= 0.3 is 0 Å². The van der Waals surface area contributed by atoms with Crippen LogP contribution in [-0.4, -0.2) is 25.7 Å². The first-order chi connectivity index (χ1) is 12.0. The molecule has 0 aliphatic heterocycles. The molecular formula is C16H16N4O4S. The third-order valence-corrected chi connectivity index (χ3v) is 4.64. The lowest BCUT2D eigenvalue weighted by Crippen LogP contribution is -2.13. The first-order valence-electron chi connectivity index (χ1n) is 7.29. The van der Waals surface area contributed by atoms with E-state index < -0.39 is 10.0 Å². The fourth-order valence-corrected chi connectivity index (χ4v) is 3.06. The lowest BCUT2D eigenvalue weighted by atomic mass is 10.3. The third kappa shape index (κ3) is 4.07. The number of sulfonamides is 1. The number of hydrogen-bond donors (Lipinski definition) is 2. The highest BCUT2D eigenvalue weighted by atomic mass is 32.2. The Hall–Kier alpha value is -3.07. The van der Waals surface area contributed by atoms with Crippen molar-refractivity contribution in [2.75, 3.05) is 17.1 Å². The largest absolute Gasteiger partial charge is 0.497 e. The molecule has 3 aromatic rings. The number of ether oxygens (including phenoxy) is 1. The predicted molar refractivity (Wildman–Crippen MR) is 92.6 cm³/mol. The van der Waals surface area contributed by atoms with Crippen molar-refractivity contribution in [3.8, 4) is 5.75 Å². The van der Waals surface area contributed by atoms with Crippen molar-refractivity contribution in [1.29, 1.82) is 0 Å². The van der Waals surface area contributed by atoms with Gasteiger partial charge in [-0.05, 0) is 43.3 Å². The molecule has 0 fully saturated rings. The summed E-state index contributed by atoms with van der Waals surface area (Å²) in [7, 11) is -2.21. The molecule has 8 nitrogen and oxygen atoms in total. The Balaban J connectivity index is 1.71. The van der Waals surface area contributed by atoms with Crippen LogP contribution in [0.4, 0.5) is 17.3 Å². The zero-order valence-corrected chi connectivity index (χ0v) is 14.4.